The summed E-state index contributed by atoms with van der Waals surface area (Å²) >= 11 is 0. The van der Waals surface area contributed by atoms with Gasteiger partial charge < -0.3 is 15.5 Å². The Hall–Kier alpha value is -2.17. The number of pyridine rings is 1. The number of aromatic amines is 1. The highest BCUT2D eigenvalue weighted by Crippen LogP contribution is 2.24. The smallest absolute Gasteiger partial charge is 0.398 e. The molecule has 1 aromatic heterocycles. The van der Waals surface area contributed by atoms with Gasteiger partial charge in [0.05, 0.1) is 5.69 Å². The van der Waals surface area contributed by atoms with Crippen molar-refractivity contribution in [2.24, 2.45) is 0 Å². The molecule has 0 saturated heterocycles. The number of hydrogen-bond acceptors (Lipinski definition) is 4. The van der Waals surface area contributed by atoms with Crippen molar-refractivity contribution in [1.82, 2.24) is 4.98 Å². The second-order valence-electron chi connectivity index (χ2n) is 2.46. The van der Waals surface area contributed by atoms with Crippen LogP contribution in [0, 0.1) is 11.3 Å². The predicted molar refractivity (Wildman–Crippen MR) is 42.9 cm³/mol. The number of ether oxygens (including phenoxy) is 1. The Kier molecular flexibility index (Phi) is 2.57. The maximum atomic E-state index is 11.8. The van der Waals surface area contributed by atoms with Gasteiger partial charge >= 0.3 is 6.36 Å². The number of nitrogens with one attached hydrogen (secondary N) is 1. The summed E-state index contributed by atoms with van der Waals surface area (Å²) in [5.74, 6) is -1.07. The first-order chi connectivity index (χ1) is 6.83. The van der Waals surface area contributed by atoms with Gasteiger partial charge in [-0.25, -0.2) is 0 Å². The molecule has 0 aliphatic heterocycles. The monoisotopic (exact) mass is 219 g/mol. The van der Waals surface area contributed by atoms with E-state index in [0.29, 0.717) is 0 Å². The molecular weight excluding hydrogens is 215 g/mol. The number of halogens is 3. The van der Waals surface area contributed by atoms with Gasteiger partial charge in [0.25, 0.3) is 5.56 Å². The molecule has 0 unspecified atom stereocenters. The summed E-state index contributed by atoms with van der Waals surface area (Å²) in [5, 5.41) is 8.37. The van der Waals surface area contributed by atoms with Gasteiger partial charge in [0.2, 0.25) is 5.75 Å². The van der Waals surface area contributed by atoms with E-state index in [1.165, 1.54) is 6.07 Å². The molecule has 5 nitrogen and oxygen atoms in total. The first-order valence-corrected chi connectivity index (χ1v) is 3.52. The van der Waals surface area contributed by atoms with Crippen LogP contribution in [0.25, 0.3) is 0 Å². The Morgan fingerprint density at radius 2 is 2.13 bits per heavy atom. The van der Waals surface area contributed by atoms with Gasteiger partial charge in [-0.3, -0.25) is 4.79 Å². The number of H-pyrrole nitrogens is 1. The largest absolute Gasteiger partial charge is 0.573 e. The molecule has 1 heterocycles. The van der Waals surface area contributed by atoms with Crippen molar-refractivity contribution < 1.29 is 17.9 Å². The van der Waals surface area contributed by atoms with Crippen LogP contribution in [0.1, 0.15) is 5.69 Å². The van der Waals surface area contributed by atoms with Crippen LogP contribution in [0.5, 0.6) is 5.75 Å². The third-order valence-corrected chi connectivity index (χ3v) is 1.35. The van der Waals surface area contributed by atoms with E-state index in [1.54, 1.807) is 0 Å². The molecule has 0 bridgehead atoms. The van der Waals surface area contributed by atoms with E-state index >= 15 is 0 Å². The second kappa shape index (κ2) is 3.53. The van der Waals surface area contributed by atoms with Crippen molar-refractivity contribution in [3.05, 3.63) is 22.1 Å². The van der Waals surface area contributed by atoms with Gasteiger partial charge in [-0.05, 0) is 6.07 Å². The van der Waals surface area contributed by atoms with Crippen LogP contribution >= 0.6 is 0 Å². The lowest BCUT2D eigenvalue weighted by Gasteiger charge is -2.09. The molecule has 1 aromatic rings. The van der Waals surface area contributed by atoms with E-state index in [0.717, 1.165) is 6.07 Å². The van der Waals surface area contributed by atoms with Crippen LogP contribution in [-0.2, 0) is 0 Å². The Morgan fingerprint density at radius 1 is 1.53 bits per heavy atom. The summed E-state index contributed by atoms with van der Waals surface area (Å²) < 4.78 is 38.7. The lowest BCUT2D eigenvalue weighted by Crippen LogP contribution is -2.24. The lowest BCUT2D eigenvalue weighted by atomic mass is 10.3. The minimum Gasteiger partial charge on any atom is -0.398 e. The number of rotatable bonds is 1. The van der Waals surface area contributed by atoms with Crippen LogP contribution in [0.2, 0.25) is 0 Å². The SMILES string of the molecule is N#Cc1cc(N)c(OC(F)(F)F)c(=O)[nH]1. The van der Waals surface area contributed by atoms with Crippen LogP contribution in [0.3, 0.4) is 0 Å². The van der Waals surface area contributed by atoms with Gasteiger partial charge in [0.15, 0.2) is 0 Å². The Bertz CT molecular complexity index is 472. The summed E-state index contributed by atoms with van der Waals surface area (Å²) in [7, 11) is 0. The number of anilines is 1. The quantitative estimate of drug-likeness (QED) is 0.728. The van der Waals surface area contributed by atoms with Crippen molar-refractivity contribution in [3.8, 4) is 11.8 Å². The summed E-state index contributed by atoms with van der Waals surface area (Å²) in [5.41, 5.74) is 3.11. The molecule has 8 heteroatoms. The summed E-state index contributed by atoms with van der Waals surface area (Å²) in [6, 6.07) is 2.40. The summed E-state index contributed by atoms with van der Waals surface area (Å²) in [6.45, 7) is 0. The summed E-state index contributed by atoms with van der Waals surface area (Å²) in [4.78, 5) is 12.9. The van der Waals surface area contributed by atoms with E-state index in [9.17, 15) is 18.0 Å². The molecule has 3 N–H and O–H groups in total. The van der Waals surface area contributed by atoms with Gasteiger partial charge in [0, 0.05) is 0 Å². The molecule has 0 aliphatic rings. The topological polar surface area (TPSA) is 91.9 Å². The molecule has 0 saturated carbocycles. The number of alkyl halides is 3. The highest BCUT2D eigenvalue weighted by atomic mass is 19.4. The van der Waals surface area contributed by atoms with Crippen LogP contribution in [0.15, 0.2) is 10.9 Å². The maximum absolute atomic E-state index is 11.8. The average Bonchev–Trinajstić information content (AvgIpc) is 2.09. The lowest BCUT2D eigenvalue weighted by molar-refractivity contribution is -0.274. The Labute approximate surface area is 80.9 Å². The zero-order valence-electron chi connectivity index (χ0n) is 7.05. The predicted octanol–water partition coefficient (Wildman–Crippen LogP) is 0.727. The van der Waals surface area contributed by atoms with E-state index in [2.05, 4.69) is 4.74 Å². The number of nitriles is 1. The van der Waals surface area contributed by atoms with Gasteiger partial charge in [0.1, 0.15) is 11.8 Å². The standard InChI is InChI=1S/C7H4F3N3O2/c8-7(9,10)15-5-4(12)1-3(2-11)13-6(5)14/h1H,(H3,12,13,14). The molecule has 0 atom stereocenters. The number of nitrogens with zero attached hydrogens (tertiary/aromatic N) is 1. The molecule has 0 radical (unpaired) electrons. The van der Waals surface area contributed by atoms with E-state index in [4.69, 9.17) is 11.0 Å². The molecule has 0 aromatic carbocycles. The number of nitrogens with two attached hydrogens (primary N) is 1. The Balaban J connectivity index is 3.22. The summed E-state index contributed by atoms with van der Waals surface area (Å²) in [6.07, 6.45) is -5.00. The van der Waals surface area contributed by atoms with Crippen molar-refractivity contribution in [2.75, 3.05) is 5.73 Å². The molecule has 80 valence electrons. The molecule has 1 rings (SSSR count). The van der Waals surface area contributed by atoms with Crippen molar-refractivity contribution >= 4 is 5.69 Å². The second-order valence-corrected chi connectivity index (χ2v) is 2.46. The number of nitrogen functional groups attached to an aromatic ring is 1. The van der Waals surface area contributed by atoms with Gasteiger partial charge in [-0.15, -0.1) is 13.2 Å². The molecule has 15 heavy (non-hydrogen) atoms. The average molecular weight is 219 g/mol. The van der Waals surface area contributed by atoms with Gasteiger partial charge in [-0.2, -0.15) is 5.26 Å². The first kappa shape index (κ1) is 10.9. The minimum absolute atomic E-state index is 0.243. The molecule has 0 amide bonds. The van der Waals surface area contributed by atoms with Crippen molar-refractivity contribution in [3.63, 3.8) is 0 Å². The van der Waals surface area contributed by atoms with Crippen LogP contribution in [-0.4, -0.2) is 11.3 Å². The highest BCUT2D eigenvalue weighted by molar-refractivity contribution is 5.53. The highest BCUT2D eigenvalue weighted by Gasteiger charge is 2.33. The van der Waals surface area contributed by atoms with E-state index in [-0.39, 0.29) is 5.69 Å². The van der Waals surface area contributed by atoms with Crippen LogP contribution in [0.4, 0.5) is 18.9 Å². The van der Waals surface area contributed by atoms with Crippen LogP contribution < -0.4 is 16.0 Å². The van der Waals surface area contributed by atoms with Crippen molar-refractivity contribution in [2.45, 2.75) is 6.36 Å². The fraction of sp³-hybridized carbons (Fsp3) is 0.143. The first-order valence-electron chi connectivity index (χ1n) is 3.52. The Morgan fingerprint density at radius 3 is 2.53 bits per heavy atom. The van der Waals surface area contributed by atoms with E-state index in [1.807, 2.05) is 4.98 Å². The third-order valence-electron chi connectivity index (χ3n) is 1.35. The van der Waals surface area contributed by atoms with Crippen molar-refractivity contribution in [1.29, 1.82) is 5.26 Å². The molecule has 0 fully saturated rings. The third kappa shape index (κ3) is 2.63. The fourth-order valence-electron chi connectivity index (χ4n) is 0.849. The number of hydrogen-bond donors (Lipinski definition) is 2. The zero-order chi connectivity index (χ0) is 11.6. The molecular formula is C7H4F3N3O2. The molecule has 0 spiro atoms. The van der Waals surface area contributed by atoms with E-state index < -0.39 is 23.4 Å². The zero-order valence-corrected chi connectivity index (χ0v) is 7.05. The molecule has 0 aliphatic carbocycles. The fourth-order valence-corrected chi connectivity index (χ4v) is 0.849. The maximum Gasteiger partial charge on any atom is 0.573 e. The number of aromatic nitrogens is 1. The minimum atomic E-state index is -5.00. The normalized spacial score (nSPS) is 10.8. The van der Waals surface area contributed by atoms with Gasteiger partial charge in [-0.1, -0.05) is 0 Å².